The number of halogens is 1. The minimum atomic E-state index is -0.518. The average molecular weight is 375 g/mol. The Kier molecular flexibility index (Phi) is 5.68. The van der Waals surface area contributed by atoms with Crippen LogP contribution in [0.2, 0.25) is 0 Å². The van der Waals surface area contributed by atoms with E-state index in [1.165, 1.54) is 11.1 Å². The van der Waals surface area contributed by atoms with Crippen molar-refractivity contribution in [1.82, 2.24) is 20.0 Å². The number of amides is 1. The van der Waals surface area contributed by atoms with E-state index in [-0.39, 0.29) is 18.3 Å². The molecule has 0 saturated carbocycles. The highest BCUT2D eigenvalue weighted by Gasteiger charge is 2.46. The predicted octanol–water partition coefficient (Wildman–Crippen LogP) is 2.71. The van der Waals surface area contributed by atoms with Gasteiger partial charge < -0.3 is 10.2 Å². The van der Waals surface area contributed by atoms with Crippen molar-refractivity contribution in [3.63, 3.8) is 0 Å². The van der Waals surface area contributed by atoms with E-state index in [4.69, 9.17) is 0 Å². The van der Waals surface area contributed by atoms with Crippen LogP contribution in [0.1, 0.15) is 36.3 Å². The van der Waals surface area contributed by atoms with Gasteiger partial charge in [0.25, 0.3) is 5.91 Å². The van der Waals surface area contributed by atoms with Crippen molar-refractivity contribution >= 4 is 18.3 Å². The Morgan fingerprint density at radius 3 is 2.69 bits per heavy atom. The van der Waals surface area contributed by atoms with Crippen molar-refractivity contribution in [2.24, 2.45) is 0 Å². The Balaban J connectivity index is 0.00000196. The second kappa shape index (κ2) is 7.80. The minimum absolute atomic E-state index is 0. The summed E-state index contributed by atoms with van der Waals surface area (Å²) in [4.78, 5) is 15.6. The number of nitrogens with zero attached hydrogens (tertiary/aromatic N) is 3. The lowest BCUT2D eigenvalue weighted by Gasteiger charge is -2.39. The van der Waals surface area contributed by atoms with Gasteiger partial charge in [-0.2, -0.15) is 5.10 Å². The van der Waals surface area contributed by atoms with Crippen molar-refractivity contribution < 1.29 is 4.79 Å². The molecule has 0 bridgehead atoms. The Morgan fingerprint density at radius 2 is 2.00 bits per heavy atom. The summed E-state index contributed by atoms with van der Waals surface area (Å²) in [5.41, 5.74) is 2.19. The third kappa shape index (κ3) is 3.26. The molecule has 2 aliphatic heterocycles. The zero-order valence-corrected chi connectivity index (χ0v) is 16.0. The molecule has 1 aromatic carbocycles. The molecular formula is C20H27ClN4O. The molecule has 2 aliphatic rings. The molecule has 2 saturated heterocycles. The van der Waals surface area contributed by atoms with Crippen LogP contribution in [-0.4, -0.2) is 46.8 Å². The molecule has 1 N–H and O–H groups in total. The molecule has 1 unspecified atom stereocenters. The van der Waals surface area contributed by atoms with E-state index in [2.05, 4.69) is 46.5 Å². The predicted molar refractivity (Wildman–Crippen MR) is 105 cm³/mol. The van der Waals surface area contributed by atoms with Crippen LogP contribution in [0.5, 0.6) is 0 Å². The highest BCUT2D eigenvalue weighted by molar-refractivity contribution is 5.85. The van der Waals surface area contributed by atoms with Gasteiger partial charge in [0.2, 0.25) is 0 Å². The standard InChI is InChI=1S/C20H26N4O.ClH/c1-16-5-2-3-6-18(16)17-7-14-23(15-17)19(25)20(8-11-21-12-9-20)24-13-4-10-22-24;/h2-6,10,13,17,21H,7-9,11-12,14-15H2,1H3;1H. The number of piperidine rings is 1. The molecule has 4 rings (SSSR count). The number of aromatic nitrogens is 2. The third-order valence-electron chi connectivity index (χ3n) is 5.88. The number of carbonyl (C=O) groups is 1. The summed E-state index contributed by atoms with van der Waals surface area (Å²) in [5, 5.41) is 7.81. The highest BCUT2D eigenvalue weighted by Crippen LogP contribution is 2.35. The maximum Gasteiger partial charge on any atom is 0.250 e. The smallest absolute Gasteiger partial charge is 0.250 e. The van der Waals surface area contributed by atoms with Gasteiger partial charge in [-0.3, -0.25) is 9.48 Å². The first-order valence-electron chi connectivity index (χ1n) is 9.26. The molecule has 0 spiro atoms. The SMILES string of the molecule is Cc1ccccc1C1CCN(C(=O)C2(n3cccn3)CCNCC2)C1.Cl. The van der Waals surface area contributed by atoms with Gasteiger partial charge in [-0.25, -0.2) is 0 Å². The van der Waals surface area contributed by atoms with E-state index in [0.717, 1.165) is 45.4 Å². The molecule has 2 aromatic rings. The molecule has 3 heterocycles. The Labute approximate surface area is 161 Å². The first-order valence-corrected chi connectivity index (χ1v) is 9.26. The van der Waals surface area contributed by atoms with Crippen LogP contribution in [0.4, 0.5) is 0 Å². The lowest BCUT2D eigenvalue weighted by molar-refractivity contribution is -0.142. The maximum absolute atomic E-state index is 13.5. The second-order valence-electron chi connectivity index (χ2n) is 7.33. The van der Waals surface area contributed by atoms with Crippen molar-refractivity contribution in [2.75, 3.05) is 26.2 Å². The quantitative estimate of drug-likeness (QED) is 0.898. The second-order valence-corrected chi connectivity index (χ2v) is 7.33. The first kappa shape index (κ1) is 18.9. The van der Waals surface area contributed by atoms with Crippen LogP contribution < -0.4 is 5.32 Å². The van der Waals surface area contributed by atoms with E-state index in [1.807, 2.05) is 16.9 Å². The largest absolute Gasteiger partial charge is 0.340 e. The summed E-state index contributed by atoms with van der Waals surface area (Å²) >= 11 is 0. The van der Waals surface area contributed by atoms with Gasteiger partial charge in [0.1, 0.15) is 5.54 Å². The molecule has 1 atom stereocenters. The topological polar surface area (TPSA) is 50.2 Å². The summed E-state index contributed by atoms with van der Waals surface area (Å²) in [5.74, 6) is 0.690. The first-order chi connectivity index (χ1) is 12.2. The lowest BCUT2D eigenvalue weighted by atomic mass is 9.86. The van der Waals surface area contributed by atoms with Crippen molar-refractivity contribution in [1.29, 1.82) is 0 Å². The van der Waals surface area contributed by atoms with Gasteiger partial charge >= 0.3 is 0 Å². The van der Waals surface area contributed by atoms with Crippen molar-refractivity contribution in [2.45, 2.75) is 37.6 Å². The van der Waals surface area contributed by atoms with E-state index in [0.29, 0.717) is 5.92 Å². The Bertz CT molecular complexity index is 740. The minimum Gasteiger partial charge on any atom is -0.340 e. The summed E-state index contributed by atoms with van der Waals surface area (Å²) in [6.45, 7) is 5.55. The van der Waals surface area contributed by atoms with Crippen molar-refractivity contribution in [3.8, 4) is 0 Å². The number of likely N-dealkylation sites (tertiary alicyclic amines) is 1. The fourth-order valence-corrected chi connectivity index (χ4v) is 4.44. The fourth-order valence-electron chi connectivity index (χ4n) is 4.44. The number of benzene rings is 1. The molecule has 5 nitrogen and oxygen atoms in total. The van der Waals surface area contributed by atoms with Crippen LogP contribution in [0, 0.1) is 6.92 Å². The molecule has 0 aliphatic carbocycles. The van der Waals surface area contributed by atoms with Crippen LogP contribution >= 0.6 is 12.4 Å². The molecule has 0 radical (unpaired) electrons. The normalized spacial score (nSPS) is 22.0. The molecule has 140 valence electrons. The molecule has 6 heteroatoms. The zero-order chi connectivity index (χ0) is 17.3. The molecule has 1 amide bonds. The van der Waals surface area contributed by atoms with Gasteiger partial charge in [-0.1, -0.05) is 24.3 Å². The number of rotatable bonds is 3. The average Bonchev–Trinajstić information content (AvgIpc) is 3.34. The number of aryl methyl sites for hydroxylation is 1. The summed E-state index contributed by atoms with van der Waals surface area (Å²) < 4.78 is 1.90. The van der Waals surface area contributed by atoms with Gasteiger partial charge in [0, 0.05) is 31.4 Å². The molecule has 2 fully saturated rings. The van der Waals surface area contributed by atoms with Gasteiger partial charge in [-0.05, 0) is 56.5 Å². The van der Waals surface area contributed by atoms with Crippen LogP contribution in [-0.2, 0) is 10.3 Å². The summed E-state index contributed by atoms with van der Waals surface area (Å²) in [6.07, 6.45) is 6.37. The summed E-state index contributed by atoms with van der Waals surface area (Å²) in [6, 6.07) is 10.5. The van der Waals surface area contributed by atoms with Crippen molar-refractivity contribution in [3.05, 3.63) is 53.9 Å². The lowest BCUT2D eigenvalue weighted by Crippen LogP contribution is -2.55. The van der Waals surface area contributed by atoms with Crippen LogP contribution in [0.15, 0.2) is 42.7 Å². The molecular weight excluding hydrogens is 348 g/mol. The third-order valence-corrected chi connectivity index (χ3v) is 5.88. The zero-order valence-electron chi connectivity index (χ0n) is 15.2. The van der Waals surface area contributed by atoms with Gasteiger partial charge in [-0.15, -0.1) is 12.4 Å². The molecule has 26 heavy (non-hydrogen) atoms. The van der Waals surface area contributed by atoms with Crippen LogP contribution in [0.3, 0.4) is 0 Å². The number of hydrogen-bond acceptors (Lipinski definition) is 3. The van der Waals surface area contributed by atoms with E-state index >= 15 is 0 Å². The fraction of sp³-hybridized carbons (Fsp3) is 0.500. The summed E-state index contributed by atoms with van der Waals surface area (Å²) in [7, 11) is 0. The highest BCUT2D eigenvalue weighted by atomic mass is 35.5. The maximum atomic E-state index is 13.5. The van der Waals surface area contributed by atoms with Crippen LogP contribution in [0.25, 0.3) is 0 Å². The number of nitrogens with one attached hydrogen (secondary N) is 1. The number of hydrogen-bond donors (Lipinski definition) is 1. The Hall–Kier alpha value is -1.85. The number of carbonyl (C=O) groups excluding carboxylic acids is 1. The monoisotopic (exact) mass is 374 g/mol. The van der Waals surface area contributed by atoms with Gasteiger partial charge in [0.05, 0.1) is 0 Å². The molecule has 1 aromatic heterocycles. The Morgan fingerprint density at radius 1 is 1.23 bits per heavy atom. The van der Waals surface area contributed by atoms with Gasteiger partial charge in [0.15, 0.2) is 0 Å². The van der Waals surface area contributed by atoms with E-state index in [9.17, 15) is 4.79 Å². The van der Waals surface area contributed by atoms with E-state index < -0.39 is 5.54 Å². The van der Waals surface area contributed by atoms with E-state index in [1.54, 1.807) is 6.20 Å².